The van der Waals surface area contributed by atoms with Crippen molar-refractivity contribution >= 4 is 17.8 Å². The number of aliphatic hydroxyl groups excluding tert-OH is 1. The Kier molecular flexibility index (Phi) is 8.25. The highest BCUT2D eigenvalue weighted by Crippen LogP contribution is 2.66. The molecule has 2 bridgehead atoms. The lowest BCUT2D eigenvalue weighted by Crippen LogP contribution is -2.55. The van der Waals surface area contributed by atoms with Crippen LogP contribution in [-0.2, 0) is 32.0 Å². The molecule has 1 heterocycles. The average molecular weight is 579 g/mol. The summed E-state index contributed by atoms with van der Waals surface area (Å²) >= 11 is 0. The molecular weight excluding hydrogens is 536 g/mol. The van der Waals surface area contributed by atoms with Crippen molar-refractivity contribution in [3.63, 3.8) is 0 Å². The van der Waals surface area contributed by atoms with Crippen molar-refractivity contribution in [3.05, 3.63) is 59.7 Å². The Morgan fingerprint density at radius 3 is 2.38 bits per heavy atom. The van der Waals surface area contributed by atoms with Gasteiger partial charge in [-0.25, -0.2) is 4.79 Å². The lowest BCUT2D eigenvalue weighted by molar-refractivity contribution is -0.165. The predicted octanol–water partition coefficient (Wildman–Crippen LogP) is 3.48. The second-order valence-corrected chi connectivity index (χ2v) is 13.0. The van der Waals surface area contributed by atoms with E-state index in [1.54, 1.807) is 0 Å². The summed E-state index contributed by atoms with van der Waals surface area (Å²) < 4.78 is 6.15. The second kappa shape index (κ2) is 11.6. The number of amides is 2. The lowest BCUT2D eigenvalue weighted by Gasteiger charge is -2.39. The van der Waals surface area contributed by atoms with Crippen LogP contribution in [0.1, 0.15) is 64.0 Å². The molecule has 0 aromatic heterocycles. The van der Waals surface area contributed by atoms with Crippen molar-refractivity contribution in [1.82, 2.24) is 10.2 Å². The van der Waals surface area contributed by atoms with Gasteiger partial charge in [0.15, 0.2) is 11.5 Å². The minimum absolute atomic E-state index is 0.0883. The molecular formula is C33H42N2O7. The lowest BCUT2D eigenvalue weighted by atomic mass is 9.70. The number of benzene rings is 2. The number of carbonyl (C=O) groups excluding carboxylic acids is 3. The summed E-state index contributed by atoms with van der Waals surface area (Å²) in [6, 6.07) is 11.6. The number of hydrogen-bond donors (Lipinski definition) is 4. The number of esters is 1. The van der Waals surface area contributed by atoms with E-state index in [0.29, 0.717) is 30.9 Å². The van der Waals surface area contributed by atoms with Crippen molar-refractivity contribution in [2.45, 2.75) is 90.0 Å². The zero-order valence-corrected chi connectivity index (χ0v) is 24.6. The van der Waals surface area contributed by atoms with E-state index in [4.69, 9.17) is 4.74 Å². The first-order chi connectivity index (χ1) is 19.9. The number of aromatic hydroxyl groups is 2. The quantitative estimate of drug-likeness (QED) is 0.264. The Balaban J connectivity index is 1.29. The van der Waals surface area contributed by atoms with Gasteiger partial charge in [-0.15, -0.1) is 0 Å². The minimum atomic E-state index is -1.50. The van der Waals surface area contributed by atoms with E-state index in [2.05, 4.69) is 26.1 Å². The highest BCUT2D eigenvalue weighted by atomic mass is 16.5. The largest absolute Gasteiger partial charge is 0.504 e. The molecule has 2 aromatic rings. The fourth-order valence-electron chi connectivity index (χ4n) is 7.33. The van der Waals surface area contributed by atoms with Crippen LogP contribution in [0.15, 0.2) is 48.5 Å². The first-order valence-electron chi connectivity index (χ1n) is 14.9. The first kappa shape index (κ1) is 29.9. The van der Waals surface area contributed by atoms with E-state index >= 15 is 0 Å². The Labute approximate surface area is 246 Å². The van der Waals surface area contributed by atoms with Crippen LogP contribution in [0.3, 0.4) is 0 Å². The van der Waals surface area contributed by atoms with Crippen LogP contribution in [-0.4, -0.2) is 68.8 Å². The predicted molar refractivity (Wildman–Crippen MR) is 155 cm³/mol. The van der Waals surface area contributed by atoms with Gasteiger partial charge in [-0.2, -0.15) is 0 Å². The summed E-state index contributed by atoms with van der Waals surface area (Å²) in [5.74, 6) is -1.65. The molecule has 42 heavy (non-hydrogen) atoms. The summed E-state index contributed by atoms with van der Waals surface area (Å²) in [6.45, 7) is 7.12. The van der Waals surface area contributed by atoms with Crippen molar-refractivity contribution in [1.29, 1.82) is 0 Å². The number of phenolic OH excluding ortho intramolecular Hbond substituents is 2. The molecule has 2 saturated carbocycles. The molecule has 9 heteroatoms. The number of carbonyl (C=O) groups is 3. The SMILES string of the molecule is CC1(C)C2CCC1(C)C(OC(=O)[C@@H]1CCCN1C(=O)[C@H](Cc1ccccc1)NC(=O)[C@H](O)Cc1ccc(O)c(O)c1)C2. The zero-order valence-electron chi connectivity index (χ0n) is 24.6. The Morgan fingerprint density at radius 2 is 1.74 bits per heavy atom. The maximum absolute atomic E-state index is 14.0. The van der Waals surface area contributed by atoms with Gasteiger partial charge in [0, 0.05) is 24.8 Å². The van der Waals surface area contributed by atoms with E-state index < -0.39 is 24.1 Å². The maximum atomic E-state index is 14.0. The number of nitrogens with one attached hydrogen (secondary N) is 1. The van der Waals surface area contributed by atoms with Crippen LogP contribution >= 0.6 is 0 Å². The van der Waals surface area contributed by atoms with Gasteiger partial charge in [-0.05, 0) is 66.7 Å². The molecule has 6 atom stereocenters. The van der Waals surface area contributed by atoms with E-state index in [0.717, 1.165) is 24.8 Å². The van der Waals surface area contributed by atoms with Gasteiger partial charge in [0.05, 0.1) is 0 Å². The first-order valence-corrected chi connectivity index (χ1v) is 14.9. The number of hydrogen-bond acceptors (Lipinski definition) is 7. The molecule has 4 N–H and O–H groups in total. The van der Waals surface area contributed by atoms with Crippen molar-refractivity contribution in [2.75, 3.05) is 6.54 Å². The number of likely N-dealkylation sites (tertiary alicyclic amines) is 1. The van der Waals surface area contributed by atoms with Gasteiger partial charge in [-0.3, -0.25) is 9.59 Å². The van der Waals surface area contributed by atoms with E-state index in [-0.39, 0.29) is 53.2 Å². The monoisotopic (exact) mass is 578 g/mol. The molecule has 3 unspecified atom stereocenters. The van der Waals surface area contributed by atoms with Crippen molar-refractivity contribution < 1.29 is 34.4 Å². The number of fused-ring (bicyclic) bond motifs is 2. The highest BCUT2D eigenvalue weighted by Gasteiger charge is 2.63. The van der Waals surface area contributed by atoms with Crippen LogP contribution in [0.25, 0.3) is 0 Å². The molecule has 9 nitrogen and oxygen atoms in total. The van der Waals surface area contributed by atoms with Gasteiger partial charge < -0.3 is 30.3 Å². The van der Waals surface area contributed by atoms with E-state index in [1.165, 1.54) is 23.1 Å². The van der Waals surface area contributed by atoms with Gasteiger partial charge in [0.1, 0.15) is 24.3 Å². The average Bonchev–Trinajstić information content (AvgIpc) is 3.58. The summed E-state index contributed by atoms with van der Waals surface area (Å²) in [5.41, 5.74) is 1.27. The van der Waals surface area contributed by atoms with E-state index in [9.17, 15) is 29.7 Å². The summed E-state index contributed by atoms with van der Waals surface area (Å²) in [4.78, 5) is 42.1. The maximum Gasteiger partial charge on any atom is 0.329 e. The normalized spacial score (nSPS) is 27.4. The van der Waals surface area contributed by atoms with E-state index in [1.807, 2.05) is 30.3 Å². The van der Waals surface area contributed by atoms with Crippen LogP contribution in [0.4, 0.5) is 0 Å². The topological polar surface area (TPSA) is 136 Å². The molecule has 0 spiro atoms. The second-order valence-electron chi connectivity index (χ2n) is 13.0. The molecule has 0 radical (unpaired) electrons. The van der Waals surface area contributed by atoms with Gasteiger partial charge in [0.25, 0.3) is 0 Å². The van der Waals surface area contributed by atoms with Crippen molar-refractivity contribution in [2.24, 2.45) is 16.7 Å². The molecule has 1 aliphatic heterocycles. The summed E-state index contributed by atoms with van der Waals surface area (Å²) in [6.07, 6.45) is 2.56. The number of nitrogens with zero attached hydrogens (tertiary/aromatic N) is 1. The van der Waals surface area contributed by atoms with Crippen molar-refractivity contribution in [3.8, 4) is 11.5 Å². The molecule has 5 rings (SSSR count). The smallest absolute Gasteiger partial charge is 0.329 e. The minimum Gasteiger partial charge on any atom is -0.504 e. The van der Waals surface area contributed by atoms with Crippen LogP contribution < -0.4 is 5.32 Å². The number of ether oxygens (including phenoxy) is 1. The molecule has 226 valence electrons. The fraction of sp³-hybridized carbons (Fsp3) is 0.545. The van der Waals surface area contributed by atoms with Gasteiger partial charge in [-0.1, -0.05) is 57.2 Å². The molecule has 2 aromatic carbocycles. The third-order valence-electron chi connectivity index (χ3n) is 10.4. The highest BCUT2D eigenvalue weighted by molar-refractivity contribution is 5.92. The van der Waals surface area contributed by atoms with Crippen LogP contribution in [0.5, 0.6) is 11.5 Å². The number of rotatable bonds is 9. The Hall–Kier alpha value is -3.59. The standard InChI is InChI=1S/C33H42N2O7/c1-32(2)22-13-14-33(32,3)28(19-22)42-31(41)24-10-7-15-35(24)30(40)23(16-20-8-5-4-6-9-20)34-29(39)27(38)18-21-11-12-25(36)26(37)17-21/h4-6,8-9,11-12,17,22-24,27-28,36-38H,7,10,13-16,18-19H2,1-3H3,(H,34,39)/t22?,23-,24-,27+,28?,33?/m0/s1. The molecule has 3 fully saturated rings. The zero-order chi connectivity index (χ0) is 30.2. The molecule has 2 amide bonds. The summed E-state index contributed by atoms with van der Waals surface area (Å²) in [7, 11) is 0. The number of aliphatic hydroxyl groups is 1. The molecule has 2 aliphatic carbocycles. The van der Waals surface area contributed by atoms with Gasteiger partial charge >= 0.3 is 5.97 Å². The van der Waals surface area contributed by atoms with Crippen LogP contribution in [0.2, 0.25) is 0 Å². The van der Waals surface area contributed by atoms with Crippen LogP contribution in [0, 0.1) is 16.7 Å². The van der Waals surface area contributed by atoms with Gasteiger partial charge in [0.2, 0.25) is 11.8 Å². The summed E-state index contributed by atoms with van der Waals surface area (Å²) in [5, 5.41) is 32.7. The third-order valence-corrected chi connectivity index (χ3v) is 10.4. The Bertz CT molecular complexity index is 1330. The molecule has 3 aliphatic rings. The molecule has 1 saturated heterocycles. The number of phenols is 2. The Morgan fingerprint density at radius 1 is 1.00 bits per heavy atom. The fourth-order valence-corrected chi connectivity index (χ4v) is 7.33. The third kappa shape index (κ3) is 5.59.